The molecule has 0 saturated heterocycles. The summed E-state index contributed by atoms with van der Waals surface area (Å²) in [6.07, 6.45) is 8.22. The van der Waals surface area contributed by atoms with Crippen molar-refractivity contribution in [2.75, 3.05) is 6.79 Å². The van der Waals surface area contributed by atoms with Crippen molar-refractivity contribution in [3.63, 3.8) is 0 Å². The van der Waals surface area contributed by atoms with Crippen molar-refractivity contribution in [3.05, 3.63) is 37.1 Å². The van der Waals surface area contributed by atoms with E-state index in [4.69, 9.17) is 5.11 Å². The Morgan fingerprint density at radius 1 is 1.36 bits per heavy atom. The van der Waals surface area contributed by atoms with Crippen LogP contribution in [0.15, 0.2) is 47.5 Å². The highest BCUT2D eigenvalue weighted by Gasteiger charge is 1.67. The number of rotatable bonds is 5. The third-order valence-corrected chi connectivity index (χ3v) is 0.674. The fourth-order valence-corrected chi connectivity index (χ4v) is 0.317. The van der Waals surface area contributed by atoms with Crippen LogP contribution in [0.4, 0.5) is 0 Å². The average molecular weight is 154 g/mol. The summed E-state index contributed by atoms with van der Waals surface area (Å²) in [5, 5.41) is 14.6. The van der Waals surface area contributed by atoms with Gasteiger partial charge in [-0.15, -0.1) is 5.11 Å². The van der Waals surface area contributed by atoms with Crippen LogP contribution in [0.5, 0.6) is 0 Å². The van der Waals surface area contributed by atoms with E-state index in [-0.39, 0.29) is 0 Å². The van der Waals surface area contributed by atoms with Gasteiger partial charge in [-0.2, -0.15) is 0 Å². The molecule has 0 aromatic carbocycles. The van der Waals surface area contributed by atoms with E-state index in [0.717, 1.165) is 0 Å². The third kappa shape index (κ3) is 8.58. The van der Waals surface area contributed by atoms with Gasteiger partial charge in [0.1, 0.15) is 0 Å². The maximum atomic E-state index is 8.08. The number of nitrogens with zero attached hydrogens (tertiary/aromatic N) is 2. The van der Waals surface area contributed by atoms with Crippen LogP contribution in [0.1, 0.15) is 0 Å². The minimum absolute atomic E-state index is 0.458. The number of aliphatic hydroxyl groups excluding tert-OH is 1. The zero-order valence-corrected chi connectivity index (χ0v) is 6.05. The van der Waals surface area contributed by atoms with Crippen molar-refractivity contribution in [3.8, 4) is 0 Å². The first-order valence-corrected chi connectivity index (χ1v) is 2.99. The Labute approximate surface area is 65.2 Å². The molecule has 0 aromatic heterocycles. The van der Waals surface area contributed by atoms with Crippen molar-refractivity contribution >= 4 is 0 Å². The van der Waals surface area contributed by atoms with Crippen LogP contribution in [-0.2, 0) is 4.84 Å². The van der Waals surface area contributed by atoms with Crippen LogP contribution in [0.25, 0.3) is 0 Å². The van der Waals surface area contributed by atoms with E-state index < -0.39 is 6.79 Å². The minimum atomic E-state index is -0.458. The second-order valence-electron chi connectivity index (χ2n) is 1.42. The summed E-state index contributed by atoms with van der Waals surface area (Å²) in [4.78, 5) is 4.16. The molecule has 0 aliphatic heterocycles. The van der Waals surface area contributed by atoms with Crippen molar-refractivity contribution in [2.24, 2.45) is 10.4 Å². The molecule has 4 nitrogen and oxygen atoms in total. The Bertz CT molecular complexity index is 173. The van der Waals surface area contributed by atoms with E-state index in [2.05, 4.69) is 21.8 Å². The van der Waals surface area contributed by atoms with Gasteiger partial charge in [-0.25, -0.2) is 0 Å². The molecule has 60 valence electrons. The predicted octanol–water partition coefficient (Wildman–Crippen LogP) is 1.58. The molecule has 0 aromatic rings. The Morgan fingerprint density at radius 3 is 2.82 bits per heavy atom. The molecular weight excluding hydrogens is 144 g/mol. The van der Waals surface area contributed by atoms with Gasteiger partial charge < -0.3 is 9.94 Å². The number of aliphatic hydroxyl groups is 1. The molecule has 1 N–H and O–H groups in total. The molecule has 0 radical (unpaired) electrons. The molecule has 0 aliphatic rings. The van der Waals surface area contributed by atoms with Crippen molar-refractivity contribution in [1.29, 1.82) is 0 Å². The lowest BCUT2D eigenvalue weighted by molar-refractivity contribution is -0.00840. The van der Waals surface area contributed by atoms with E-state index in [0.29, 0.717) is 0 Å². The van der Waals surface area contributed by atoms with Gasteiger partial charge in [0.25, 0.3) is 0 Å². The van der Waals surface area contributed by atoms with Crippen molar-refractivity contribution in [2.45, 2.75) is 0 Å². The highest BCUT2D eigenvalue weighted by atomic mass is 16.7. The van der Waals surface area contributed by atoms with Gasteiger partial charge in [0.15, 0.2) is 0 Å². The Balaban J connectivity index is 3.42. The maximum Gasteiger partial charge on any atom is 0.215 e. The lowest BCUT2D eigenvalue weighted by Gasteiger charge is -1.83. The number of hydrogen-bond donors (Lipinski definition) is 1. The highest BCUT2D eigenvalue weighted by Crippen LogP contribution is 1.82. The lowest BCUT2D eigenvalue weighted by Crippen LogP contribution is -1.79. The highest BCUT2D eigenvalue weighted by molar-refractivity contribution is 5.07. The van der Waals surface area contributed by atoms with Gasteiger partial charge >= 0.3 is 0 Å². The maximum absolute atomic E-state index is 8.08. The molecular formula is C7H10N2O2. The Kier molecular flexibility index (Phi) is 7.47. The molecule has 0 atom stereocenters. The van der Waals surface area contributed by atoms with Crippen molar-refractivity contribution in [1.82, 2.24) is 0 Å². The SMILES string of the molecule is C=C\C=C/C=C/N=N/OCO. The molecule has 0 unspecified atom stereocenters. The average Bonchev–Trinajstić information content (AvgIpc) is 2.03. The molecule has 0 fully saturated rings. The second kappa shape index (κ2) is 8.58. The van der Waals surface area contributed by atoms with Gasteiger partial charge in [-0.3, -0.25) is 0 Å². The van der Waals surface area contributed by atoms with Crippen LogP contribution in [-0.4, -0.2) is 11.9 Å². The molecule has 0 saturated carbocycles. The predicted molar refractivity (Wildman–Crippen MR) is 41.5 cm³/mol. The molecule has 0 aliphatic carbocycles. The van der Waals surface area contributed by atoms with Crippen molar-refractivity contribution < 1.29 is 9.94 Å². The fraction of sp³-hybridized carbons (Fsp3) is 0.143. The van der Waals surface area contributed by atoms with Crippen LogP contribution >= 0.6 is 0 Å². The largest absolute Gasteiger partial charge is 0.359 e. The summed E-state index contributed by atoms with van der Waals surface area (Å²) >= 11 is 0. The summed E-state index contributed by atoms with van der Waals surface area (Å²) in [7, 11) is 0. The lowest BCUT2D eigenvalue weighted by atomic mass is 10.5. The summed E-state index contributed by atoms with van der Waals surface area (Å²) in [5.74, 6) is 0. The van der Waals surface area contributed by atoms with Crippen LogP contribution in [0.2, 0.25) is 0 Å². The molecule has 0 rings (SSSR count). The molecule has 0 amide bonds. The van der Waals surface area contributed by atoms with E-state index in [1.54, 1.807) is 24.3 Å². The topological polar surface area (TPSA) is 54.2 Å². The monoisotopic (exact) mass is 154 g/mol. The summed E-state index contributed by atoms with van der Waals surface area (Å²) in [6, 6.07) is 0. The zero-order chi connectivity index (χ0) is 8.36. The molecule has 4 heteroatoms. The van der Waals surface area contributed by atoms with Gasteiger partial charge in [0.05, 0.1) is 6.20 Å². The number of hydrogen-bond acceptors (Lipinski definition) is 4. The van der Waals surface area contributed by atoms with E-state index in [1.165, 1.54) is 6.20 Å². The van der Waals surface area contributed by atoms with Crippen LogP contribution < -0.4 is 0 Å². The summed E-state index contributed by atoms with van der Waals surface area (Å²) in [6.45, 7) is 3.02. The zero-order valence-electron chi connectivity index (χ0n) is 6.05. The fourth-order valence-electron chi connectivity index (χ4n) is 0.317. The summed E-state index contributed by atoms with van der Waals surface area (Å²) < 4.78 is 0. The quantitative estimate of drug-likeness (QED) is 0.283. The Morgan fingerprint density at radius 2 is 2.18 bits per heavy atom. The smallest absolute Gasteiger partial charge is 0.215 e. The van der Waals surface area contributed by atoms with Gasteiger partial charge in [-0.05, 0) is 6.08 Å². The molecule has 0 bridgehead atoms. The first-order valence-electron chi connectivity index (χ1n) is 2.99. The molecule has 11 heavy (non-hydrogen) atoms. The van der Waals surface area contributed by atoms with E-state index >= 15 is 0 Å². The standard InChI is InChI=1S/C7H10N2O2/c1-2-3-4-5-6-8-9-11-7-10/h2-6,10H,1,7H2/b4-3-,6-5+,9-8+. The van der Waals surface area contributed by atoms with Crippen LogP contribution in [0, 0.1) is 0 Å². The third-order valence-electron chi connectivity index (χ3n) is 0.674. The van der Waals surface area contributed by atoms with Gasteiger partial charge in [0.2, 0.25) is 6.79 Å². The second-order valence-corrected chi connectivity index (χ2v) is 1.42. The van der Waals surface area contributed by atoms with E-state index in [9.17, 15) is 0 Å². The summed E-state index contributed by atoms with van der Waals surface area (Å²) in [5.41, 5.74) is 0. The minimum Gasteiger partial charge on any atom is -0.359 e. The molecule has 0 spiro atoms. The van der Waals surface area contributed by atoms with E-state index in [1.807, 2.05) is 0 Å². The van der Waals surface area contributed by atoms with Gasteiger partial charge in [-0.1, -0.05) is 24.8 Å². The first-order chi connectivity index (χ1) is 5.41. The molecule has 0 heterocycles. The first kappa shape index (κ1) is 9.58. The van der Waals surface area contributed by atoms with Crippen LogP contribution in [0.3, 0.4) is 0 Å². The number of allylic oxidation sites excluding steroid dienone is 4. The normalized spacial score (nSPS) is 11.7. The van der Waals surface area contributed by atoms with Gasteiger partial charge in [0, 0.05) is 5.28 Å². The Hall–Kier alpha value is -1.42.